The van der Waals surface area contributed by atoms with Crippen molar-refractivity contribution in [3.05, 3.63) is 39.4 Å². The number of nitrogens with two attached hydrogens (primary N) is 1. The molecule has 0 aliphatic rings. The maximum Gasteiger partial charge on any atom is 0.274 e. The number of rotatable bonds is 6. The Morgan fingerprint density at radius 1 is 1.43 bits per heavy atom. The molecule has 0 fully saturated rings. The second kappa shape index (κ2) is 6.87. The van der Waals surface area contributed by atoms with Gasteiger partial charge in [0.05, 0.1) is 4.92 Å². The van der Waals surface area contributed by atoms with E-state index in [0.29, 0.717) is 11.3 Å². The normalized spacial score (nSPS) is 10.5. The Morgan fingerprint density at radius 3 is 2.71 bits per heavy atom. The van der Waals surface area contributed by atoms with Gasteiger partial charge in [0.1, 0.15) is 0 Å². The number of nitro groups is 1. The summed E-state index contributed by atoms with van der Waals surface area (Å²) in [4.78, 5) is 21.6. The van der Waals surface area contributed by atoms with E-state index in [2.05, 4.69) is 10.2 Å². The van der Waals surface area contributed by atoms with Crippen molar-refractivity contribution in [1.82, 2.24) is 10.2 Å². The van der Waals surface area contributed by atoms with Crippen molar-refractivity contribution >= 4 is 46.5 Å². The highest BCUT2D eigenvalue weighted by Crippen LogP contribution is 2.32. The highest BCUT2D eigenvalue weighted by molar-refractivity contribution is 8.02. The van der Waals surface area contributed by atoms with E-state index in [1.54, 1.807) is 6.07 Å². The number of nitrogens with zero attached hydrogens (tertiary/aromatic N) is 3. The van der Waals surface area contributed by atoms with Crippen LogP contribution in [0.2, 0.25) is 0 Å². The minimum atomic E-state index is -0.689. The first kappa shape index (κ1) is 15.7. The molecule has 0 radical (unpaired) electrons. The van der Waals surface area contributed by atoms with E-state index in [-0.39, 0.29) is 11.3 Å². The molecule has 110 valence electrons. The number of primary amides is 1. The first-order chi connectivity index (χ1) is 10.0. The van der Waals surface area contributed by atoms with Crippen LogP contribution in [-0.4, -0.2) is 27.3 Å². The van der Waals surface area contributed by atoms with Crippen molar-refractivity contribution in [2.24, 2.45) is 5.73 Å². The van der Waals surface area contributed by atoms with Gasteiger partial charge in [-0.2, -0.15) is 0 Å². The third-order valence-corrected chi connectivity index (χ3v) is 5.56. The van der Waals surface area contributed by atoms with E-state index < -0.39 is 10.8 Å². The van der Waals surface area contributed by atoms with E-state index in [1.807, 2.05) is 6.26 Å². The zero-order valence-electron chi connectivity index (χ0n) is 10.8. The van der Waals surface area contributed by atoms with Crippen LogP contribution in [0.15, 0.2) is 26.9 Å². The average Bonchev–Trinajstić information content (AvgIpc) is 2.92. The summed E-state index contributed by atoms with van der Waals surface area (Å²) in [5.41, 5.74) is 5.64. The zero-order chi connectivity index (χ0) is 15.4. The van der Waals surface area contributed by atoms with Gasteiger partial charge in [-0.05, 0) is 12.3 Å². The molecule has 7 nitrogen and oxygen atoms in total. The van der Waals surface area contributed by atoms with Gasteiger partial charge in [0, 0.05) is 22.9 Å². The van der Waals surface area contributed by atoms with Crippen molar-refractivity contribution in [1.29, 1.82) is 0 Å². The molecule has 0 bridgehead atoms. The van der Waals surface area contributed by atoms with Crippen LogP contribution in [0.4, 0.5) is 5.69 Å². The largest absolute Gasteiger partial charge is 0.366 e. The second-order valence-corrected chi connectivity index (χ2v) is 7.04. The van der Waals surface area contributed by atoms with Gasteiger partial charge >= 0.3 is 0 Å². The molecule has 2 aromatic rings. The van der Waals surface area contributed by atoms with Crippen LogP contribution in [0.3, 0.4) is 0 Å². The lowest BCUT2D eigenvalue weighted by atomic mass is 10.1. The van der Waals surface area contributed by atoms with Gasteiger partial charge in [0.15, 0.2) is 8.68 Å². The number of amides is 1. The Labute approximate surface area is 132 Å². The lowest BCUT2D eigenvalue weighted by Crippen LogP contribution is -2.11. The number of carbonyl (C=O) groups is 1. The van der Waals surface area contributed by atoms with Crippen LogP contribution < -0.4 is 5.73 Å². The molecule has 1 aromatic heterocycles. The highest BCUT2D eigenvalue weighted by atomic mass is 32.2. The summed E-state index contributed by atoms with van der Waals surface area (Å²) in [7, 11) is 0. The molecule has 0 aliphatic heterocycles. The standard InChI is InChI=1S/C11H10N4O3S3/c1-19-10-13-14-11(21-10)20-5-7-3-2-6(9(12)16)4-8(7)15(17)18/h2-4H,5H2,1H3,(H2,12,16). The first-order valence-corrected chi connectivity index (χ1v) is 8.61. The van der Waals surface area contributed by atoms with Gasteiger partial charge < -0.3 is 5.73 Å². The predicted molar refractivity (Wildman–Crippen MR) is 82.9 cm³/mol. The van der Waals surface area contributed by atoms with Crippen molar-refractivity contribution in [3.8, 4) is 0 Å². The van der Waals surface area contributed by atoms with Crippen LogP contribution in [-0.2, 0) is 5.75 Å². The van der Waals surface area contributed by atoms with Crippen LogP contribution in [0.25, 0.3) is 0 Å². The number of carbonyl (C=O) groups excluding carboxylic acids is 1. The molecule has 0 saturated carbocycles. The maximum atomic E-state index is 11.1. The summed E-state index contributed by atoms with van der Waals surface area (Å²) in [5.74, 6) is -0.315. The molecule has 2 N–H and O–H groups in total. The Balaban J connectivity index is 2.19. The van der Waals surface area contributed by atoms with Gasteiger partial charge in [-0.15, -0.1) is 10.2 Å². The minimum Gasteiger partial charge on any atom is -0.366 e. The molecule has 0 atom stereocenters. The molecule has 1 amide bonds. The Kier molecular flexibility index (Phi) is 5.15. The number of hydrogen-bond acceptors (Lipinski definition) is 8. The van der Waals surface area contributed by atoms with Gasteiger partial charge in [-0.25, -0.2) is 0 Å². The summed E-state index contributed by atoms with van der Waals surface area (Å²) in [6.45, 7) is 0. The molecule has 1 aromatic carbocycles. The van der Waals surface area contributed by atoms with E-state index in [0.717, 1.165) is 8.68 Å². The lowest BCUT2D eigenvalue weighted by Gasteiger charge is -2.03. The summed E-state index contributed by atoms with van der Waals surface area (Å²) in [6.07, 6.45) is 1.91. The fourth-order valence-corrected chi connectivity index (χ4v) is 3.92. The summed E-state index contributed by atoms with van der Waals surface area (Å²) >= 11 is 4.30. The highest BCUT2D eigenvalue weighted by Gasteiger charge is 2.17. The third-order valence-electron chi connectivity index (χ3n) is 2.48. The molecule has 0 spiro atoms. The Morgan fingerprint density at radius 2 is 2.14 bits per heavy atom. The second-order valence-electron chi connectivity index (χ2n) is 3.79. The summed E-state index contributed by atoms with van der Waals surface area (Å²) in [5, 5.41) is 19.0. The van der Waals surface area contributed by atoms with Gasteiger partial charge in [0.25, 0.3) is 5.69 Å². The van der Waals surface area contributed by atoms with Crippen molar-refractivity contribution in [3.63, 3.8) is 0 Å². The van der Waals surface area contributed by atoms with Crippen LogP contribution >= 0.6 is 34.9 Å². The molecule has 0 unspecified atom stereocenters. The van der Waals surface area contributed by atoms with E-state index in [1.165, 1.54) is 47.0 Å². The molecule has 21 heavy (non-hydrogen) atoms. The Bertz CT molecular complexity index is 689. The van der Waals surface area contributed by atoms with Crippen LogP contribution in [0.5, 0.6) is 0 Å². The van der Waals surface area contributed by atoms with E-state index in [9.17, 15) is 14.9 Å². The molecular formula is C11H10N4O3S3. The van der Waals surface area contributed by atoms with Gasteiger partial charge in [0.2, 0.25) is 5.91 Å². The van der Waals surface area contributed by atoms with Crippen molar-refractivity contribution in [2.45, 2.75) is 14.4 Å². The average molecular weight is 342 g/mol. The first-order valence-electron chi connectivity index (χ1n) is 5.58. The molecule has 1 heterocycles. The monoisotopic (exact) mass is 342 g/mol. The zero-order valence-corrected chi connectivity index (χ0v) is 13.3. The SMILES string of the molecule is CSc1nnc(SCc2ccc(C(N)=O)cc2[N+](=O)[O-])s1. The van der Waals surface area contributed by atoms with Crippen LogP contribution in [0.1, 0.15) is 15.9 Å². The molecule has 0 saturated heterocycles. The smallest absolute Gasteiger partial charge is 0.274 e. The number of nitro benzene ring substituents is 1. The number of thioether (sulfide) groups is 2. The van der Waals surface area contributed by atoms with Gasteiger partial charge in [-0.1, -0.05) is 40.9 Å². The number of aromatic nitrogens is 2. The van der Waals surface area contributed by atoms with Crippen molar-refractivity contribution in [2.75, 3.05) is 6.26 Å². The predicted octanol–water partition coefficient (Wildman–Crippen LogP) is 2.56. The fraction of sp³-hybridized carbons (Fsp3) is 0.182. The van der Waals surface area contributed by atoms with Gasteiger partial charge in [-0.3, -0.25) is 14.9 Å². The minimum absolute atomic E-state index is 0.117. The molecular weight excluding hydrogens is 332 g/mol. The molecule has 10 heteroatoms. The third kappa shape index (κ3) is 3.93. The van der Waals surface area contributed by atoms with Crippen molar-refractivity contribution < 1.29 is 9.72 Å². The maximum absolute atomic E-state index is 11.1. The molecule has 0 aliphatic carbocycles. The quantitative estimate of drug-likeness (QED) is 0.487. The summed E-state index contributed by atoms with van der Waals surface area (Å²) < 4.78 is 1.59. The van der Waals surface area contributed by atoms with E-state index >= 15 is 0 Å². The summed E-state index contributed by atoms with van der Waals surface area (Å²) in [6, 6.07) is 4.23. The Hall–Kier alpha value is -1.65. The van der Waals surface area contributed by atoms with Crippen LogP contribution in [0, 0.1) is 10.1 Å². The van der Waals surface area contributed by atoms with E-state index in [4.69, 9.17) is 5.73 Å². The fourth-order valence-electron chi connectivity index (χ4n) is 1.49. The molecule has 2 rings (SSSR count). The number of hydrogen-bond donors (Lipinski definition) is 1. The lowest BCUT2D eigenvalue weighted by molar-refractivity contribution is -0.385. The topological polar surface area (TPSA) is 112 Å². The number of benzene rings is 1.